The van der Waals surface area contributed by atoms with E-state index in [-0.39, 0.29) is 16.5 Å². The molecule has 0 bridgehead atoms. The molecular weight excluding hydrogens is 1540 g/mol. The van der Waals surface area contributed by atoms with Crippen LogP contribution >= 0.6 is 33.0 Å². The summed E-state index contributed by atoms with van der Waals surface area (Å²) in [6.45, 7) is 25.7. The van der Waals surface area contributed by atoms with Crippen molar-refractivity contribution < 1.29 is 87.1 Å². The smallest absolute Gasteiger partial charge is 0.453 e. The van der Waals surface area contributed by atoms with E-state index < -0.39 is 54.6 Å². The van der Waals surface area contributed by atoms with Crippen LogP contribution in [0.15, 0.2) is 276 Å². The minimum Gasteiger partial charge on any atom is -0.497 e. The van der Waals surface area contributed by atoms with Crippen molar-refractivity contribution in [2.75, 3.05) is 28.4 Å². The monoisotopic (exact) mass is 1630 g/mol. The first-order valence-electron chi connectivity index (χ1n) is 36.8. The molecule has 113 heavy (non-hydrogen) atoms. The third kappa shape index (κ3) is 16.5. The summed E-state index contributed by atoms with van der Waals surface area (Å²) in [5, 5.41) is 7.41. The number of hydrogen-bond donors (Lipinski definition) is 0. The molecule has 0 aliphatic carbocycles. The van der Waals surface area contributed by atoms with Gasteiger partial charge in [0.25, 0.3) is 0 Å². The number of para-hydroxylation sites is 8. The van der Waals surface area contributed by atoms with Crippen molar-refractivity contribution in [3.8, 4) is 68.2 Å². The van der Waals surface area contributed by atoms with Crippen LogP contribution in [0, 0.1) is 0 Å². The normalized spacial score (nSPS) is 11.8. The largest absolute Gasteiger partial charge is 0.497 e. The van der Waals surface area contributed by atoms with Crippen LogP contribution in [0.3, 0.4) is 0 Å². The van der Waals surface area contributed by atoms with Gasteiger partial charge >= 0.3 is 33.0 Å². The molecule has 0 N–H and O–H groups in total. The minimum absolute atomic E-state index is 0. The summed E-state index contributed by atoms with van der Waals surface area (Å²) >= 11 is 0. The topological polar surface area (TPSA) is 179 Å². The van der Waals surface area contributed by atoms with Crippen molar-refractivity contribution in [2.45, 2.75) is 105 Å². The van der Waals surface area contributed by atoms with Crippen molar-refractivity contribution in [3.63, 3.8) is 0 Å². The van der Waals surface area contributed by atoms with Crippen LogP contribution < -0.4 is 37.0 Å². The van der Waals surface area contributed by atoms with E-state index in [2.05, 4.69) is 83.1 Å². The van der Waals surface area contributed by atoms with Gasteiger partial charge in [-0.05, 0) is 119 Å². The summed E-state index contributed by atoms with van der Waals surface area (Å²) in [5.74, 6) is 4.82. The molecule has 12 aromatic carbocycles. The summed E-state index contributed by atoms with van der Waals surface area (Å²) in [6, 6.07) is 79.1. The van der Waals surface area contributed by atoms with Crippen molar-refractivity contribution in [1.82, 2.24) is 0 Å². The van der Waals surface area contributed by atoms with E-state index in [0.29, 0.717) is 113 Å². The Morgan fingerprint density at radius 2 is 0.354 bits per heavy atom. The van der Waals surface area contributed by atoms with E-state index in [1.54, 1.807) is 28.4 Å². The number of fused-ring (bicyclic) bond motifs is 12. The summed E-state index contributed by atoms with van der Waals surface area (Å²) < 4.78 is 105. The molecule has 16 aromatic rings. The predicted octanol–water partition coefficient (Wildman–Crippen LogP) is 29.7. The molecule has 0 saturated carbocycles. The van der Waals surface area contributed by atoms with Crippen molar-refractivity contribution >= 4 is 121 Å². The Morgan fingerprint density at radius 1 is 0.212 bits per heavy atom. The van der Waals surface area contributed by atoms with E-state index in [1.807, 2.05) is 243 Å². The van der Waals surface area contributed by atoms with Gasteiger partial charge in [-0.15, -0.1) is 0 Å². The van der Waals surface area contributed by atoms with Crippen molar-refractivity contribution in [2.24, 2.45) is 0 Å². The molecular formula is C92H88NiO16P4. The van der Waals surface area contributed by atoms with E-state index in [4.69, 9.17) is 70.6 Å². The van der Waals surface area contributed by atoms with Gasteiger partial charge in [0.1, 0.15) is 90.7 Å². The molecule has 4 heterocycles. The van der Waals surface area contributed by atoms with Crippen LogP contribution in [0.4, 0.5) is 0 Å². The van der Waals surface area contributed by atoms with E-state index in [1.165, 1.54) is 0 Å². The number of rotatable bonds is 14. The van der Waals surface area contributed by atoms with Gasteiger partial charge in [0.05, 0.1) is 28.4 Å². The van der Waals surface area contributed by atoms with E-state index >= 15 is 0 Å². The number of ether oxygens (including phenoxy) is 4. The second kappa shape index (κ2) is 32.3. The van der Waals surface area contributed by atoms with Gasteiger partial charge in [-0.2, -0.15) is 0 Å². The summed E-state index contributed by atoms with van der Waals surface area (Å²) in [5.41, 5.74) is 10.0. The molecule has 0 aliphatic heterocycles. The Balaban J connectivity index is 0.000000186. The molecule has 0 saturated heterocycles. The van der Waals surface area contributed by atoms with Crippen LogP contribution in [0.25, 0.3) is 110 Å². The van der Waals surface area contributed by atoms with Gasteiger partial charge in [0.15, 0.2) is 0 Å². The number of hydrogen-bond acceptors (Lipinski definition) is 16. The first-order chi connectivity index (χ1) is 53.8. The first-order valence-corrected chi connectivity index (χ1v) is 41.2. The van der Waals surface area contributed by atoms with Gasteiger partial charge in [-0.3, -0.25) is 0 Å². The van der Waals surface area contributed by atoms with Gasteiger partial charge in [0, 0.05) is 104 Å². The molecule has 0 atom stereocenters. The fourth-order valence-corrected chi connectivity index (χ4v) is 18.0. The molecule has 0 fully saturated rings. The third-order valence-corrected chi connectivity index (χ3v) is 23.4. The van der Waals surface area contributed by atoms with Crippen LogP contribution in [-0.4, -0.2) is 28.4 Å². The van der Waals surface area contributed by atoms with Crippen LogP contribution in [-0.2, 0) is 38.2 Å². The maximum Gasteiger partial charge on any atom is 0.453 e. The Kier molecular flexibility index (Phi) is 22.5. The average Bonchev–Trinajstić information content (AvgIpc) is 1.01. The quantitative estimate of drug-likeness (QED) is 0.0938. The first kappa shape index (κ1) is 78.8. The molecule has 582 valence electrons. The zero-order chi connectivity index (χ0) is 78.4. The second-order valence-corrected chi connectivity index (χ2v) is 35.1. The van der Waals surface area contributed by atoms with Crippen LogP contribution in [0.2, 0.25) is 0 Å². The molecule has 0 radical (unpaired) electrons. The minimum atomic E-state index is -2.02. The van der Waals surface area contributed by atoms with Crippen LogP contribution in [0.5, 0.6) is 46.0 Å². The van der Waals surface area contributed by atoms with Crippen molar-refractivity contribution in [3.05, 3.63) is 265 Å². The summed E-state index contributed by atoms with van der Waals surface area (Å²) in [7, 11) is -1.42. The summed E-state index contributed by atoms with van der Waals surface area (Å²) in [6.07, 6.45) is 0. The molecule has 0 unspecified atom stereocenters. The van der Waals surface area contributed by atoms with Gasteiger partial charge in [0.2, 0.25) is 0 Å². The van der Waals surface area contributed by atoms with E-state index in [0.717, 1.165) is 65.3 Å². The third-order valence-electron chi connectivity index (χ3n) is 19.3. The fraction of sp³-hybridized carbons (Fsp3) is 0.217. The zero-order valence-corrected chi connectivity index (χ0v) is 70.3. The molecule has 0 spiro atoms. The number of benzene rings is 12. The van der Waals surface area contributed by atoms with Gasteiger partial charge in [-0.25, -0.2) is 0 Å². The summed E-state index contributed by atoms with van der Waals surface area (Å²) in [4.78, 5) is 0. The van der Waals surface area contributed by atoms with Gasteiger partial charge < -0.3 is 70.6 Å². The van der Waals surface area contributed by atoms with Crippen LogP contribution in [0.1, 0.15) is 105 Å². The fourth-order valence-electron chi connectivity index (χ4n) is 13.6. The average molecular weight is 1630 g/mol. The van der Waals surface area contributed by atoms with Gasteiger partial charge in [-0.1, -0.05) is 229 Å². The predicted molar refractivity (Wildman–Crippen MR) is 454 cm³/mol. The zero-order valence-electron chi connectivity index (χ0n) is 65.7. The standard InChI is InChI=1S/2C46H44O8P2.Ni/c2*1-45(2,3)37-27-29(47-7)25-35(43(37)53-55-49-39-21-13-9-17-31(39)32-18-10-14-22-40(32)50-55)36-26-30(48-8)28-38(46(4,5)6)44(36)54-56-51-41-23-15-11-19-33(41)34-20-12-16-24-42(34)52-56;/h2*9-28H,1-8H3;. The molecule has 16 nitrogen and oxygen atoms in total. The molecule has 0 aliphatic rings. The molecule has 4 aromatic heterocycles. The maximum absolute atomic E-state index is 7.06. The van der Waals surface area contributed by atoms with Crippen molar-refractivity contribution in [1.29, 1.82) is 0 Å². The SMILES string of the molecule is COc1cc(-c2cc(OC)cc(C(C)(C)C)c2Op2oc3ccccc3c3ccccc3o2)c(Op2oc3ccccc3c3ccccc3o2)c(C(C)(C)C)c1.COc1cc(-c2cc(OC)cc(C(C)(C)C)c2Op2oc3ccccc3c3ccccc3o2)c(Op2oc3ccccc3c3ccccc3o2)c(C(C)(C)C)c1.[Ni]. The Labute approximate surface area is 669 Å². The Hall–Kier alpha value is -10.9. The second-order valence-electron chi connectivity index (χ2n) is 31.2. The maximum atomic E-state index is 7.06. The Bertz CT molecular complexity index is 5420. The number of methoxy groups -OCH3 is 4. The Morgan fingerprint density at radius 3 is 0.487 bits per heavy atom. The molecule has 0 amide bonds. The molecule has 16 rings (SSSR count). The van der Waals surface area contributed by atoms with E-state index in [9.17, 15) is 0 Å². The molecule has 21 heteroatoms.